The van der Waals surface area contributed by atoms with E-state index < -0.39 is 0 Å². The molecule has 0 aromatic carbocycles. The first-order chi connectivity index (χ1) is 25.7. The van der Waals surface area contributed by atoms with Crippen molar-refractivity contribution >= 4 is 17.9 Å². The first-order valence-electron chi connectivity index (χ1n) is 22.2. The zero-order chi connectivity index (χ0) is 37.7. The highest BCUT2D eigenvalue weighted by molar-refractivity contribution is 5.72. The van der Waals surface area contributed by atoms with Crippen LogP contribution in [0.1, 0.15) is 174 Å². The van der Waals surface area contributed by atoms with Gasteiger partial charge < -0.3 is 19.1 Å². The van der Waals surface area contributed by atoms with Gasteiger partial charge >= 0.3 is 17.9 Å². The van der Waals surface area contributed by atoms with Crippen molar-refractivity contribution in [2.75, 3.05) is 33.9 Å². The van der Waals surface area contributed by atoms with Crippen molar-refractivity contribution in [2.45, 2.75) is 180 Å². The van der Waals surface area contributed by atoms with Crippen LogP contribution in [0.2, 0.25) is 0 Å². The van der Waals surface area contributed by atoms with Gasteiger partial charge in [0.25, 0.3) is 0 Å². The Bertz CT molecular complexity index is 1090. The molecule has 5 aliphatic rings. The van der Waals surface area contributed by atoms with Gasteiger partial charge in [-0.1, -0.05) is 69.8 Å². The molecule has 0 saturated heterocycles. The van der Waals surface area contributed by atoms with Crippen LogP contribution in [0.5, 0.6) is 0 Å². The molecule has 5 saturated carbocycles. The Labute approximate surface area is 323 Å². The second-order valence-corrected chi connectivity index (χ2v) is 17.9. The van der Waals surface area contributed by atoms with Crippen LogP contribution < -0.4 is 0 Å². The summed E-state index contributed by atoms with van der Waals surface area (Å²) in [6.07, 6.45) is 37.9. The summed E-state index contributed by atoms with van der Waals surface area (Å²) >= 11 is 0. The number of rotatable bonds is 27. The minimum Gasteiger partial charge on any atom is -0.465 e. The third kappa shape index (κ3) is 16.6. The topological polar surface area (TPSA) is 82.1 Å². The zero-order valence-corrected chi connectivity index (χ0v) is 34.2. The van der Waals surface area contributed by atoms with Gasteiger partial charge in [-0.25, -0.2) is 0 Å². The molecule has 1 unspecified atom stereocenters. The SMILES string of the molecule is CCCCC/C=C\C/C=C\CCCCCCCCC(=O)OCC(COC(=O)CCCC12CC3CC(CC(C3)C1)C2)COC(=O)C1CCC(N(C)C)CC1. The van der Waals surface area contributed by atoms with Gasteiger partial charge in [0.2, 0.25) is 0 Å². The van der Waals surface area contributed by atoms with Crippen molar-refractivity contribution in [1.82, 2.24) is 4.90 Å². The van der Waals surface area contributed by atoms with Crippen LogP contribution in [0, 0.1) is 35.0 Å². The molecule has 53 heavy (non-hydrogen) atoms. The Morgan fingerprint density at radius 3 is 1.72 bits per heavy atom. The lowest BCUT2D eigenvalue weighted by Gasteiger charge is -2.57. The third-order valence-corrected chi connectivity index (χ3v) is 13.0. The maximum Gasteiger partial charge on any atom is 0.308 e. The Morgan fingerprint density at radius 1 is 0.642 bits per heavy atom. The summed E-state index contributed by atoms with van der Waals surface area (Å²) in [5.74, 6) is 1.71. The van der Waals surface area contributed by atoms with E-state index in [-0.39, 0.29) is 49.6 Å². The lowest BCUT2D eigenvalue weighted by atomic mass is 9.48. The van der Waals surface area contributed by atoms with E-state index in [4.69, 9.17) is 14.2 Å². The summed E-state index contributed by atoms with van der Waals surface area (Å²) in [6.45, 7) is 2.55. The maximum absolute atomic E-state index is 13.0. The van der Waals surface area contributed by atoms with E-state index in [0.717, 1.165) is 88.4 Å². The molecule has 0 aliphatic heterocycles. The molecule has 7 heteroatoms. The van der Waals surface area contributed by atoms with Crippen LogP contribution in [0.4, 0.5) is 0 Å². The van der Waals surface area contributed by atoms with Gasteiger partial charge in [-0.3, -0.25) is 14.4 Å². The molecule has 4 bridgehead atoms. The van der Waals surface area contributed by atoms with Gasteiger partial charge in [-0.2, -0.15) is 0 Å². The minimum atomic E-state index is -0.357. The summed E-state index contributed by atoms with van der Waals surface area (Å²) in [5, 5.41) is 0. The molecule has 5 rings (SSSR count). The number of hydrogen-bond acceptors (Lipinski definition) is 7. The quantitative estimate of drug-likeness (QED) is 0.0359. The summed E-state index contributed by atoms with van der Waals surface area (Å²) in [7, 11) is 4.19. The average Bonchev–Trinajstić information content (AvgIpc) is 3.13. The molecule has 0 aromatic rings. The van der Waals surface area contributed by atoms with Crippen molar-refractivity contribution < 1.29 is 28.6 Å². The molecule has 5 aliphatic carbocycles. The first kappa shape index (κ1) is 43.6. The molecular weight excluding hydrogens is 663 g/mol. The second kappa shape index (κ2) is 24.4. The number of carbonyl (C=O) groups is 3. The lowest BCUT2D eigenvalue weighted by molar-refractivity contribution is -0.156. The Morgan fingerprint density at radius 2 is 1.15 bits per heavy atom. The number of allylic oxidation sites excluding steroid dienone is 4. The number of nitrogens with zero attached hydrogens (tertiary/aromatic N) is 1. The Balaban J connectivity index is 1.09. The van der Waals surface area contributed by atoms with E-state index in [0.29, 0.717) is 24.3 Å². The van der Waals surface area contributed by atoms with Crippen LogP contribution in [0.15, 0.2) is 24.3 Å². The van der Waals surface area contributed by atoms with Gasteiger partial charge in [0.15, 0.2) is 0 Å². The van der Waals surface area contributed by atoms with Crippen molar-refractivity contribution in [1.29, 1.82) is 0 Å². The van der Waals surface area contributed by atoms with Gasteiger partial charge in [0.1, 0.15) is 19.8 Å². The molecule has 5 fully saturated rings. The van der Waals surface area contributed by atoms with Crippen LogP contribution in [-0.4, -0.2) is 62.8 Å². The highest BCUT2D eigenvalue weighted by atomic mass is 16.6. The monoisotopic (exact) mass is 740 g/mol. The van der Waals surface area contributed by atoms with Gasteiger partial charge in [-0.05, 0) is 153 Å². The lowest BCUT2D eigenvalue weighted by Crippen LogP contribution is -2.45. The van der Waals surface area contributed by atoms with Crippen molar-refractivity contribution in [3.8, 4) is 0 Å². The standard InChI is InChI=1S/C46H77NO6/c1-4-5-6-7-8-9-10-11-12-13-14-15-16-17-18-19-21-43(48)51-34-40(36-53-45(50)41-23-25-42(26-24-41)47(2)3)35-52-44(49)22-20-27-46-31-37-28-38(32-46)30-39(29-37)33-46/h8-9,11-12,37-42H,4-7,10,13-36H2,1-3H3/b9-8-,12-11-. The molecule has 302 valence electrons. The van der Waals surface area contributed by atoms with E-state index in [1.807, 2.05) is 0 Å². The summed E-state index contributed by atoms with van der Waals surface area (Å²) in [5.41, 5.74) is 0.466. The van der Waals surface area contributed by atoms with Crippen molar-refractivity contribution in [2.24, 2.45) is 35.0 Å². The average molecular weight is 740 g/mol. The molecule has 7 nitrogen and oxygen atoms in total. The van der Waals surface area contributed by atoms with Crippen molar-refractivity contribution in [3.05, 3.63) is 24.3 Å². The molecular formula is C46H77NO6. The minimum absolute atomic E-state index is 0.0923. The fourth-order valence-corrected chi connectivity index (χ4v) is 10.3. The smallest absolute Gasteiger partial charge is 0.308 e. The van der Waals surface area contributed by atoms with Gasteiger partial charge in [0.05, 0.1) is 11.8 Å². The molecule has 0 aromatic heterocycles. The largest absolute Gasteiger partial charge is 0.465 e. The third-order valence-electron chi connectivity index (χ3n) is 13.0. The van der Waals surface area contributed by atoms with Crippen LogP contribution in [-0.2, 0) is 28.6 Å². The van der Waals surface area contributed by atoms with Gasteiger partial charge in [-0.15, -0.1) is 0 Å². The van der Waals surface area contributed by atoms with E-state index in [9.17, 15) is 14.4 Å². The fourth-order valence-electron chi connectivity index (χ4n) is 10.3. The zero-order valence-electron chi connectivity index (χ0n) is 34.2. The predicted octanol–water partition coefficient (Wildman–Crippen LogP) is 10.9. The molecule has 0 radical (unpaired) electrons. The molecule has 0 spiro atoms. The van der Waals surface area contributed by atoms with Crippen LogP contribution in [0.3, 0.4) is 0 Å². The van der Waals surface area contributed by atoms with E-state index in [2.05, 4.69) is 50.2 Å². The van der Waals surface area contributed by atoms with Gasteiger partial charge in [0, 0.05) is 18.9 Å². The van der Waals surface area contributed by atoms with E-state index >= 15 is 0 Å². The summed E-state index contributed by atoms with van der Waals surface area (Å²) < 4.78 is 17.2. The normalized spacial score (nSPS) is 27.1. The highest BCUT2D eigenvalue weighted by Gasteiger charge is 2.50. The summed E-state index contributed by atoms with van der Waals surface area (Å²) in [6, 6.07) is 0.512. The fraction of sp³-hybridized carbons (Fsp3) is 0.848. The second-order valence-electron chi connectivity index (χ2n) is 17.9. The van der Waals surface area contributed by atoms with Crippen molar-refractivity contribution in [3.63, 3.8) is 0 Å². The van der Waals surface area contributed by atoms with E-state index in [1.165, 1.54) is 83.5 Å². The first-order valence-corrected chi connectivity index (χ1v) is 22.2. The number of unbranched alkanes of at least 4 members (excludes halogenated alkanes) is 9. The predicted molar refractivity (Wildman–Crippen MR) is 214 cm³/mol. The van der Waals surface area contributed by atoms with Crippen LogP contribution in [0.25, 0.3) is 0 Å². The highest BCUT2D eigenvalue weighted by Crippen LogP contribution is 2.61. The molecule has 0 amide bonds. The number of hydrogen-bond donors (Lipinski definition) is 0. The van der Waals surface area contributed by atoms with E-state index in [1.54, 1.807) is 0 Å². The van der Waals surface area contributed by atoms with Crippen LogP contribution >= 0.6 is 0 Å². The maximum atomic E-state index is 13.0. The molecule has 0 heterocycles. The molecule has 0 N–H and O–H groups in total. The summed E-state index contributed by atoms with van der Waals surface area (Å²) in [4.78, 5) is 40.7. The number of esters is 3. The Hall–Kier alpha value is -2.15. The molecule has 1 atom stereocenters. The Kier molecular flexibility index (Phi) is 20.0. The number of carbonyl (C=O) groups excluding carboxylic acids is 3. The number of ether oxygens (including phenoxy) is 3.